The van der Waals surface area contributed by atoms with E-state index in [1.807, 2.05) is 13.0 Å². The standard InChI is InChI=1S/C24H30O7/c1-21-9-3-4-16(25)15(21)7-10-23(29)19(21)18(27)20(28)22(2)14(8-11-24(22,23)30)13-5-6-17(26)31-12-13/h5-7,12,14,16,18-19,25,27,29-30H,3-4,8-11H2,1-2H3/t14-,16+,18+,19-,21+,22+,23+,24-/m1/s1. The second kappa shape index (κ2) is 6.38. The molecule has 3 saturated carbocycles. The first-order chi connectivity index (χ1) is 14.5. The van der Waals surface area contributed by atoms with Crippen molar-refractivity contribution in [1.29, 1.82) is 0 Å². The predicted molar refractivity (Wildman–Crippen MR) is 110 cm³/mol. The molecule has 0 spiro atoms. The van der Waals surface area contributed by atoms with Crippen LogP contribution < -0.4 is 5.63 Å². The lowest BCUT2D eigenvalue weighted by Gasteiger charge is -2.65. The van der Waals surface area contributed by atoms with Crippen LogP contribution >= 0.6 is 0 Å². The van der Waals surface area contributed by atoms with E-state index in [1.54, 1.807) is 13.0 Å². The monoisotopic (exact) mass is 430 g/mol. The van der Waals surface area contributed by atoms with Crippen LogP contribution in [-0.4, -0.2) is 49.6 Å². The highest BCUT2D eigenvalue weighted by molar-refractivity contribution is 5.93. The SMILES string of the molecule is C[C@]12CCC[C@H](O)C1=CC[C@]1(O)[C@@H]2[C@H](O)C(=O)[C@]2(C)[C@@H](c3ccc(=O)oc3)CC[C@]12O. The number of hydrogen-bond acceptors (Lipinski definition) is 7. The average molecular weight is 430 g/mol. The zero-order valence-corrected chi connectivity index (χ0v) is 17.9. The van der Waals surface area contributed by atoms with Crippen LogP contribution in [0, 0.1) is 16.7 Å². The van der Waals surface area contributed by atoms with E-state index in [-0.39, 0.29) is 12.8 Å². The molecule has 5 rings (SSSR count). The van der Waals surface area contributed by atoms with Crippen molar-refractivity contribution in [3.8, 4) is 0 Å². The van der Waals surface area contributed by atoms with Crippen LogP contribution in [0.1, 0.15) is 63.9 Å². The predicted octanol–water partition coefficient (Wildman–Crippen LogP) is 1.43. The summed E-state index contributed by atoms with van der Waals surface area (Å²) in [7, 11) is 0. The third-order valence-electron chi connectivity index (χ3n) is 9.31. The Bertz CT molecular complexity index is 1010. The fourth-order valence-corrected chi connectivity index (χ4v) is 7.76. The van der Waals surface area contributed by atoms with E-state index < -0.39 is 57.5 Å². The molecule has 3 fully saturated rings. The van der Waals surface area contributed by atoms with Crippen LogP contribution in [0.25, 0.3) is 0 Å². The van der Waals surface area contributed by atoms with Gasteiger partial charge in [0, 0.05) is 17.9 Å². The van der Waals surface area contributed by atoms with E-state index in [0.29, 0.717) is 31.2 Å². The van der Waals surface area contributed by atoms with E-state index in [0.717, 1.165) is 5.57 Å². The molecule has 0 amide bonds. The molecule has 8 atom stereocenters. The van der Waals surface area contributed by atoms with Crippen molar-refractivity contribution < 1.29 is 29.6 Å². The molecule has 7 heteroatoms. The molecule has 4 aliphatic carbocycles. The van der Waals surface area contributed by atoms with Crippen LogP contribution in [0.15, 0.2) is 39.3 Å². The van der Waals surface area contributed by atoms with Crippen molar-refractivity contribution in [2.75, 3.05) is 0 Å². The highest BCUT2D eigenvalue weighted by atomic mass is 16.4. The van der Waals surface area contributed by atoms with E-state index in [2.05, 4.69) is 0 Å². The van der Waals surface area contributed by atoms with Gasteiger partial charge in [-0.25, -0.2) is 4.79 Å². The number of hydrogen-bond donors (Lipinski definition) is 4. The first-order valence-corrected chi connectivity index (χ1v) is 11.2. The van der Waals surface area contributed by atoms with Gasteiger partial charge < -0.3 is 24.8 Å². The fraction of sp³-hybridized carbons (Fsp3) is 0.667. The average Bonchev–Trinajstić information content (AvgIpc) is 3.00. The van der Waals surface area contributed by atoms with Gasteiger partial charge in [0.2, 0.25) is 0 Å². The van der Waals surface area contributed by atoms with Crippen molar-refractivity contribution >= 4 is 5.78 Å². The molecular weight excluding hydrogens is 400 g/mol. The van der Waals surface area contributed by atoms with Crippen LogP contribution in [0.2, 0.25) is 0 Å². The van der Waals surface area contributed by atoms with Gasteiger partial charge in [0.25, 0.3) is 0 Å². The molecule has 0 aliphatic heterocycles. The molecule has 1 aromatic heterocycles. The summed E-state index contributed by atoms with van der Waals surface area (Å²) < 4.78 is 5.01. The lowest BCUT2D eigenvalue weighted by Crippen LogP contribution is -2.78. The molecule has 168 valence electrons. The topological polar surface area (TPSA) is 128 Å². The Morgan fingerprint density at radius 3 is 2.48 bits per heavy atom. The zero-order chi connectivity index (χ0) is 22.4. The molecule has 7 nitrogen and oxygen atoms in total. The molecular formula is C24H30O7. The summed E-state index contributed by atoms with van der Waals surface area (Å²) in [5, 5.41) is 46.2. The molecule has 0 radical (unpaired) electrons. The number of fused-ring (bicyclic) bond motifs is 5. The smallest absolute Gasteiger partial charge is 0.335 e. The lowest BCUT2D eigenvalue weighted by atomic mass is 9.42. The molecule has 0 saturated heterocycles. The quantitative estimate of drug-likeness (QED) is 0.496. The van der Waals surface area contributed by atoms with Crippen molar-refractivity contribution in [1.82, 2.24) is 0 Å². The Hall–Kier alpha value is -1.80. The van der Waals surface area contributed by atoms with Crippen molar-refractivity contribution in [3.05, 3.63) is 46.0 Å². The third kappa shape index (κ3) is 2.33. The first-order valence-electron chi connectivity index (χ1n) is 11.2. The van der Waals surface area contributed by atoms with Gasteiger partial charge >= 0.3 is 5.63 Å². The van der Waals surface area contributed by atoms with Crippen LogP contribution in [0.5, 0.6) is 0 Å². The van der Waals surface area contributed by atoms with Crippen LogP contribution in [0.3, 0.4) is 0 Å². The van der Waals surface area contributed by atoms with Gasteiger partial charge in [-0.05, 0) is 68.1 Å². The first kappa shape index (κ1) is 21.1. The minimum absolute atomic E-state index is 0.0622. The number of aliphatic hydroxyl groups is 4. The van der Waals surface area contributed by atoms with Gasteiger partial charge in [0.1, 0.15) is 17.3 Å². The fourth-order valence-electron chi connectivity index (χ4n) is 7.76. The Labute approximate surface area is 180 Å². The molecule has 0 unspecified atom stereocenters. The Kier molecular flexibility index (Phi) is 4.33. The summed E-state index contributed by atoms with van der Waals surface area (Å²) in [4.78, 5) is 25.2. The van der Waals surface area contributed by atoms with Gasteiger partial charge in [0.05, 0.1) is 17.8 Å². The summed E-state index contributed by atoms with van der Waals surface area (Å²) >= 11 is 0. The number of carbonyl (C=O) groups is 1. The molecule has 1 heterocycles. The molecule has 4 N–H and O–H groups in total. The van der Waals surface area contributed by atoms with Crippen molar-refractivity contribution in [2.24, 2.45) is 16.7 Å². The van der Waals surface area contributed by atoms with Crippen molar-refractivity contribution in [3.63, 3.8) is 0 Å². The number of rotatable bonds is 1. The minimum atomic E-state index is -1.77. The Morgan fingerprint density at radius 2 is 1.81 bits per heavy atom. The maximum atomic E-state index is 13.8. The normalized spacial score (nSPS) is 49.1. The highest BCUT2D eigenvalue weighted by Crippen LogP contribution is 2.69. The van der Waals surface area contributed by atoms with Crippen molar-refractivity contribution in [2.45, 2.75) is 81.7 Å². The summed E-state index contributed by atoms with van der Waals surface area (Å²) in [6, 6.07) is 2.86. The lowest BCUT2D eigenvalue weighted by molar-refractivity contribution is -0.276. The maximum absolute atomic E-state index is 13.8. The Balaban J connectivity index is 1.68. The van der Waals surface area contributed by atoms with Gasteiger partial charge in [-0.15, -0.1) is 0 Å². The number of ketones is 1. The van der Waals surface area contributed by atoms with Gasteiger partial charge in [0.15, 0.2) is 5.78 Å². The van der Waals surface area contributed by atoms with E-state index in [1.165, 1.54) is 12.3 Å². The van der Waals surface area contributed by atoms with E-state index >= 15 is 0 Å². The highest BCUT2D eigenvalue weighted by Gasteiger charge is 2.78. The molecule has 0 bridgehead atoms. The summed E-state index contributed by atoms with van der Waals surface area (Å²) in [6.07, 6.45) is 3.56. The van der Waals surface area contributed by atoms with Crippen LogP contribution in [0.4, 0.5) is 0 Å². The Morgan fingerprint density at radius 1 is 1.06 bits per heavy atom. The number of carbonyl (C=O) groups excluding carboxylic acids is 1. The zero-order valence-electron chi connectivity index (χ0n) is 17.9. The van der Waals surface area contributed by atoms with E-state index in [9.17, 15) is 30.0 Å². The number of aliphatic hydroxyl groups excluding tert-OH is 2. The summed E-state index contributed by atoms with van der Waals surface area (Å²) in [5.74, 6) is -1.92. The van der Waals surface area contributed by atoms with Gasteiger partial charge in [-0.2, -0.15) is 0 Å². The molecule has 4 aliphatic rings. The molecule has 0 aromatic carbocycles. The summed E-state index contributed by atoms with van der Waals surface area (Å²) in [6.45, 7) is 3.50. The minimum Gasteiger partial charge on any atom is -0.431 e. The number of Topliss-reactive ketones (excluding diaryl/α,β-unsaturated/α-hetero) is 1. The van der Waals surface area contributed by atoms with E-state index in [4.69, 9.17) is 4.42 Å². The van der Waals surface area contributed by atoms with Crippen LogP contribution in [-0.2, 0) is 4.79 Å². The molecule has 1 aromatic rings. The van der Waals surface area contributed by atoms with Gasteiger partial charge in [-0.1, -0.05) is 13.0 Å². The maximum Gasteiger partial charge on any atom is 0.335 e. The second-order valence-corrected chi connectivity index (χ2v) is 10.4. The third-order valence-corrected chi connectivity index (χ3v) is 9.31. The van der Waals surface area contributed by atoms with Gasteiger partial charge in [-0.3, -0.25) is 4.79 Å². The molecule has 31 heavy (non-hydrogen) atoms. The summed E-state index contributed by atoms with van der Waals surface area (Å²) in [5.41, 5.74) is -4.89. The largest absolute Gasteiger partial charge is 0.431 e. The second-order valence-electron chi connectivity index (χ2n) is 10.4.